The second-order valence-corrected chi connectivity index (χ2v) is 23.5. The second kappa shape index (κ2) is 58.0. The van der Waals surface area contributed by atoms with Gasteiger partial charge < -0.3 is 23.6 Å². The summed E-state index contributed by atoms with van der Waals surface area (Å²) in [5.74, 6) is 0.340. The van der Waals surface area contributed by atoms with Crippen LogP contribution in [0.2, 0.25) is 0 Å². The maximum atomic E-state index is 12.8. The van der Waals surface area contributed by atoms with E-state index in [2.05, 4.69) is 25.7 Å². The van der Waals surface area contributed by atoms with Crippen molar-refractivity contribution in [2.24, 2.45) is 0 Å². The van der Waals surface area contributed by atoms with Gasteiger partial charge in [0.15, 0.2) is 0 Å². The van der Waals surface area contributed by atoms with Gasteiger partial charge >= 0.3 is 0 Å². The van der Waals surface area contributed by atoms with Gasteiger partial charge in [0.1, 0.15) is 19.6 Å². The van der Waals surface area contributed by atoms with Gasteiger partial charge in [0, 0.05) is 32.8 Å². The SMILES string of the molecule is CCCCCCCCCCCCCCCCCCOCC[N+](CCOCCCCCCCCCCCCCCCCCC)(CCOCCCCCCCCCCCCCCCCCC)CCN1CCCC1=O. The van der Waals surface area contributed by atoms with Gasteiger partial charge in [-0.05, 0) is 25.7 Å². The van der Waals surface area contributed by atoms with Gasteiger partial charge in [0.25, 0.3) is 0 Å². The van der Waals surface area contributed by atoms with Gasteiger partial charge in [-0.15, -0.1) is 0 Å². The predicted molar refractivity (Wildman–Crippen MR) is 317 cm³/mol. The normalized spacial score (nSPS) is 13.2. The summed E-state index contributed by atoms with van der Waals surface area (Å²) in [5, 5.41) is 0. The predicted octanol–water partition coefficient (Wildman–Crippen LogP) is 20.3. The molecule has 0 radical (unpaired) electrons. The van der Waals surface area contributed by atoms with Crippen LogP contribution in [0, 0.1) is 0 Å². The summed E-state index contributed by atoms with van der Waals surface area (Å²) in [6.45, 7) is 17.5. The maximum Gasteiger partial charge on any atom is 0.222 e. The Hall–Kier alpha value is -0.690. The van der Waals surface area contributed by atoms with Crippen molar-refractivity contribution in [2.45, 2.75) is 342 Å². The molecule has 0 bridgehead atoms. The molecule has 0 aliphatic carbocycles. The number of amides is 1. The Labute approximate surface area is 453 Å². The number of quaternary nitrogens is 1. The Bertz CT molecular complexity index is 938. The van der Waals surface area contributed by atoms with Crippen LogP contribution in [0.5, 0.6) is 0 Å². The van der Waals surface area contributed by atoms with Crippen LogP contribution in [0.15, 0.2) is 0 Å². The van der Waals surface area contributed by atoms with Crippen molar-refractivity contribution in [3.05, 3.63) is 0 Å². The Balaban J connectivity index is 2.43. The first kappa shape index (κ1) is 69.3. The lowest BCUT2D eigenvalue weighted by Gasteiger charge is -2.39. The molecule has 1 fully saturated rings. The molecule has 1 heterocycles. The maximum absolute atomic E-state index is 12.8. The van der Waals surface area contributed by atoms with E-state index >= 15 is 0 Å². The van der Waals surface area contributed by atoms with Crippen molar-refractivity contribution in [2.75, 3.05) is 78.9 Å². The highest BCUT2D eigenvalue weighted by atomic mass is 16.5. The van der Waals surface area contributed by atoms with Gasteiger partial charge in [-0.2, -0.15) is 0 Å². The Morgan fingerprint density at radius 2 is 0.528 bits per heavy atom. The number of hydrogen-bond donors (Lipinski definition) is 0. The molecule has 6 nitrogen and oxygen atoms in total. The molecule has 0 atom stereocenters. The average Bonchev–Trinajstić information content (AvgIpc) is 3.81. The Kier molecular flexibility index (Phi) is 55.8. The third-order valence-corrected chi connectivity index (χ3v) is 16.6. The fourth-order valence-electron chi connectivity index (χ4n) is 11.3. The number of likely N-dealkylation sites (tertiary alicyclic amines) is 1. The molecule has 1 amide bonds. The molecule has 1 saturated heterocycles. The van der Waals surface area contributed by atoms with Crippen LogP contribution in [0.1, 0.15) is 342 Å². The number of ether oxygens (including phenoxy) is 3. The lowest BCUT2D eigenvalue weighted by atomic mass is 10.0. The van der Waals surface area contributed by atoms with Crippen LogP contribution in [-0.4, -0.2) is 94.2 Å². The van der Waals surface area contributed by atoms with E-state index < -0.39 is 0 Å². The number of hydrogen-bond acceptors (Lipinski definition) is 4. The van der Waals surface area contributed by atoms with E-state index in [-0.39, 0.29) is 0 Å². The number of unbranched alkanes of at least 4 members (excludes halogenated alkanes) is 45. The van der Waals surface area contributed by atoms with Crippen molar-refractivity contribution < 1.29 is 23.5 Å². The summed E-state index contributed by atoms with van der Waals surface area (Å²) in [5.41, 5.74) is 0. The van der Waals surface area contributed by atoms with E-state index in [1.165, 1.54) is 308 Å². The van der Waals surface area contributed by atoms with E-state index in [0.717, 1.165) is 89.8 Å². The quantitative estimate of drug-likeness (QED) is 0.0450. The summed E-state index contributed by atoms with van der Waals surface area (Å²) in [6, 6.07) is 0. The summed E-state index contributed by atoms with van der Waals surface area (Å²) in [7, 11) is 0. The highest BCUT2D eigenvalue weighted by molar-refractivity contribution is 5.78. The molecule has 0 unspecified atom stereocenters. The molecule has 1 rings (SSSR count). The minimum absolute atomic E-state index is 0.340. The molecule has 0 aromatic carbocycles. The van der Waals surface area contributed by atoms with E-state index in [0.29, 0.717) is 12.3 Å². The molecular weight excluding hydrogens is 885 g/mol. The van der Waals surface area contributed by atoms with E-state index in [4.69, 9.17) is 14.2 Å². The van der Waals surface area contributed by atoms with Gasteiger partial charge in [-0.25, -0.2) is 0 Å². The fourth-order valence-corrected chi connectivity index (χ4v) is 11.3. The van der Waals surface area contributed by atoms with Crippen LogP contribution in [0.25, 0.3) is 0 Å². The molecule has 0 aromatic rings. The first-order valence-electron chi connectivity index (χ1n) is 33.5. The van der Waals surface area contributed by atoms with Crippen molar-refractivity contribution in [3.8, 4) is 0 Å². The third kappa shape index (κ3) is 48.9. The topological polar surface area (TPSA) is 48.0 Å². The van der Waals surface area contributed by atoms with Crippen LogP contribution < -0.4 is 0 Å². The van der Waals surface area contributed by atoms with E-state index in [1.807, 2.05) is 0 Å². The zero-order valence-electron chi connectivity index (χ0n) is 49.9. The first-order chi connectivity index (χ1) is 35.7. The summed E-state index contributed by atoms with van der Waals surface area (Å²) < 4.78 is 20.2. The molecule has 72 heavy (non-hydrogen) atoms. The lowest BCUT2D eigenvalue weighted by Crippen LogP contribution is -2.57. The zero-order valence-corrected chi connectivity index (χ0v) is 49.9. The molecule has 430 valence electrons. The summed E-state index contributed by atoms with van der Waals surface area (Å²) in [4.78, 5) is 14.9. The van der Waals surface area contributed by atoms with Gasteiger partial charge in [-0.3, -0.25) is 4.79 Å². The second-order valence-electron chi connectivity index (χ2n) is 23.5. The highest BCUT2D eigenvalue weighted by Crippen LogP contribution is 2.19. The lowest BCUT2D eigenvalue weighted by molar-refractivity contribution is -0.928. The molecular formula is C66H133N2O4+. The van der Waals surface area contributed by atoms with Gasteiger partial charge in [0.05, 0.1) is 32.9 Å². The van der Waals surface area contributed by atoms with Gasteiger partial charge in [0.2, 0.25) is 5.91 Å². The van der Waals surface area contributed by atoms with Crippen molar-refractivity contribution >= 4 is 5.91 Å². The van der Waals surface area contributed by atoms with Crippen LogP contribution in [0.3, 0.4) is 0 Å². The first-order valence-corrected chi connectivity index (χ1v) is 33.5. The molecule has 1 aliphatic rings. The van der Waals surface area contributed by atoms with Crippen LogP contribution in [0.4, 0.5) is 0 Å². The Morgan fingerprint density at radius 1 is 0.306 bits per heavy atom. The van der Waals surface area contributed by atoms with E-state index in [9.17, 15) is 4.79 Å². The van der Waals surface area contributed by atoms with Gasteiger partial charge in [-0.1, -0.05) is 310 Å². The van der Waals surface area contributed by atoms with Crippen LogP contribution >= 0.6 is 0 Å². The summed E-state index contributed by atoms with van der Waals surface area (Å²) >= 11 is 0. The van der Waals surface area contributed by atoms with Crippen molar-refractivity contribution in [3.63, 3.8) is 0 Å². The van der Waals surface area contributed by atoms with Crippen LogP contribution in [-0.2, 0) is 19.0 Å². The minimum atomic E-state index is 0.340. The van der Waals surface area contributed by atoms with Crippen molar-refractivity contribution in [1.29, 1.82) is 0 Å². The number of nitrogens with zero attached hydrogens (tertiary/aromatic N) is 2. The highest BCUT2D eigenvalue weighted by Gasteiger charge is 2.30. The number of carbonyl (C=O) groups excluding carboxylic acids is 1. The molecule has 0 spiro atoms. The number of rotatable bonds is 63. The molecule has 0 saturated carbocycles. The smallest absolute Gasteiger partial charge is 0.222 e. The number of carbonyl (C=O) groups is 1. The largest absolute Gasteiger partial charge is 0.376 e. The molecule has 0 N–H and O–H groups in total. The average molecular weight is 1020 g/mol. The zero-order chi connectivity index (χ0) is 51.6. The molecule has 0 aromatic heterocycles. The summed E-state index contributed by atoms with van der Waals surface area (Å²) in [6.07, 6.45) is 68.7. The Morgan fingerprint density at radius 3 is 0.736 bits per heavy atom. The standard InChI is InChI=1S/C66H133N2O4/c1-4-7-10-13-16-19-22-25-28-31-34-37-40-43-46-49-60-70-63-57-68(56-55-67-54-52-53-66(67)69,58-64-71-61-50-47-44-41-38-35-32-29-26-23-20-17-14-11-8-5-2)59-65-72-62-51-48-45-42-39-36-33-30-27-24-21-18-15-12-9-6-3/h4-65H2,1-3H3/q+1. The molecule has 6 heteroatoms. The molecule has 1 aliphatic heterocycles. The van der Waals surface area contributed by atoms with E-state index in [1.54, 1.807) is 0 Å². The monoisotopic (exact) mass is 1020 g/mol. The fraction of sp³-hybridized carbons (Fsp3) is 0.985. The van der Waals surface area contributed by atoms with Crippen molar-refractivity contribution in [1.82, 2.24) is 4.90 Å². The third-order valence-electron chi connectivity index (χ3n) is 16.6. The minimum Gasteiger partial charge on any atom is -0.376 e.